The van der Waals surface area contributed by atoms with Gasteiger partial charge in [-0.3, -0.25) is 9.59 Å². The van der Waals surface area contributed by atoms with Gasteiger partial charge >= 0.3 is 0 Å². The molecule has 0 spiro atoms. The molecule has 0 saturated heterocycles. The Labute approximate surface area is 146 Å². The molecule has 0 aromatic heterocycles. The molecule has 0 saturated carbocycles. The monoisotopic (exact) mass is 337 g/mol. The van der Waals surface area contributed by atoms with Crippen molar-refractivity contribution in [2.45, 2.75) is 19.4 Å². The van der Waals surface area contributed by atoms with Crippen molar-refractivity contribution in [3.8, 4) is 11.8 Å². The largest absolute Gasteiger partial charge is 0.497 e. The van der Waals surface area contributed by atoms with Gasteiger partial charge in [0.25, 0.3) is 0 Å². The second-order valence-corrected chi connectivity index (χ2v) is 5.39. The quantitative estimate of drug-likeness (QED) is 0.811. The molecular formula is C19H19N3O3. The summed E-state index contributed by atoms with van der Waals surface area (Å²) < 4.78 is 5.14. The van der Waals surface area contributed by atoms with Crippen LogP contribution in [0.15, 0.2) is 48.5 Å². The number of nitrogens with zero attached hydrogens (tertiary/aromatic N) is 1. The van der Waals surface area contributed by atoms with E-state index in [1.807, 2.05) is 36.4 Å². The molecule has 25 heavy (non-hydrogen) atoms. The molecule has 2 aromatic rings. The molecule has 2 N–H and O–H groups in total. The van der Waals surface area contributed by atoms with Gasteiger partial charge in [0.2, 0.25) is 11.8 Å². The van der Waals surface area contributed by atoms with Crippen molar-refractivity contribution < 1.29 is 14.3 Å². The highest BCUT2D eigenvalue weighted by atomic mass is 16.5. The lowest BCUT2D eigenvalue weighted by Gasteiger charge is -2.08. The number of anilines is 1. The summed E-state index contributed by atoms with van der Waals surface area (Å²) in [6.07, 6.45) is 0.0988. The number of benzene rings is 2. The zero-order valence-corrected chi connectivity index (χ0v) is 13.9. The third kappa shape index (κ3) is 5.99. The van der Waals surface area contributed by atoms with Gasteiger partial charge in [-0.2, -0.15) is 5.26 Å². The summed E-state index contributed by atoms with van der Waals surface area (Å²) in [6, 6.07) is 16.3. The van der Waals surface area contributed by atoms with Crippen LogP contribution in [-0.4, -0.2) is 18.9 Å². The number of amides is 2. The van der Waals surface area contributed by atoms with E-state index in [-0.39, 0.29) is 24.7 Å². The number of hydrogen-bond acceptors (Lipinski definition) is 4. The maximum absolute atomic E-state index is 12.0. The second-order valence-electron chi connectivity index (χ2n) is 5.39. The Morgan fingerprint density at radius 3 is 2.52 bits per heavy atom. The summed E-state index contributed by atoms with van der Waals surface area (Å²) in [5, 5.41) is 13.9. The first-order valence-electron chi connectivity index (χ1n) is 7.76. The van der Waals surface area contributed by atoms with Crippen molar-refractivity contribution in [1.82, 2.24) is 5.32 Å². The van der Waals surface area contributed by atoms with Gasteiger partial charge in [-0.15, -0.1) is 0 Å². The van der Waals surface area contributed by atoms with Crippen LogP contribution in [-0.2, 0) is 22.6 Å². The number of ether oxygens (including phenoxy) is 1. The van der Waals surface area contributed by atoms with E-state index < -0.39 is 0 Å². The van der Waals surface area contributed by atoms with Crippen molar-refractivity contribution in [2.75, 3.05) is 12.4 Å². The highest BCUT2D eigenvalue weighted by molar-refractivity contribution is 5.92. The minimum absolute atomic E-state index is 0.0837. The molecule has 6 nitrogen and oxygen atoms in total. The van der Waals surface area contributed by atoms with Gasteiger partial charge < -0.3 is 15.4 Å². The van der Waals surface area contributed by atoms with Gasteiger partial charge in [0.15, 0.2) is 0 Å². The number of hydrogen-bond donors (Lipinski definition) is 2. The fourth-order valence-electron chi connectivity index (χ4n) is 2.21. The lowest BCUT2D eigenvalue weighted by molar-refractivity contribution is -0.120. The van der Waals surface area contributed by atoms with Crippen LogP contribution in [0.2, 0.25) is 0 Å². The van der Waals surface area contributed by atoms with Gasteiger partial charge in [-0.1, -0.05) is 24.3 Å². The van der Waals surface area contributed by atoms with Crippen LogP contribution in [0.1, 0.15) is 17.5 Å². The molecule has 0 radical (unpaired) electrons. The molecule has 0 aliphatic rings. The topological polar surface area (TPSA) is 91.2 Å². The zero-order valence-electron chi connectivity index (χ0n) is 13.9. The lowest BCUT2D eigenvalue weighted by Crippen LogP contribution is -2.24. The molecule has 0 bridgehead atoms. The standard InChI is InChI=1S/C19H19N3O3/c1-25-17-4-2-3-15(11-17)12-19(24)21-13-14-5-7-16(8-6-14)22-18(23)9-10-20/h2-8,11H,9,12-13H2,1H3,(H,21,24)(H,22,23). The van der Waals surface area contributed by atoms with Crippen LogP contribution in [0.4, 0.5) is 5.69 Å². The normalized spacial score (nSPS) is 9.76. The summed E-state index contributed by atoms with van der Waals surface area (Å²) in [4.78, 5) is 23.4. The molecule has 0 aliphatic heterocycles. The molecule has 0 heterocycles. The number of nitrogens with one attached hydrogen (secondary N) is 2. The lowest BCUT2D eigenvalue weighted by atomic mass is 10.1. The first kappa shape index (κ1) is 18.0. The van der Waals surface area contributed by atoms with Gasteiger partial charge in [0, 0.05) is 12.2 Å². The van der Waals surface area contributed by atoms with Crippen LogP contribution in [0.5, 0.6) is 5.75 Å². The molecule has 0 aliphatic carbocycles. The SMILES string of the molecule is COc1cccc(CC(=O)NCc2ccc(NC(=O)CC#N)cc2)c1. The van der Waals surface area contributed by atoms with E-state index in [0.717, 1.165) is 16.9 Å². The van der Waals surface area contributed by atoms with E-state index in [0.29, 0.717) is 12.2 Å². The molecule has 0 atom stereocenters. The maximum atomic E-state index is 12.0. The Morgan fingerprint density at radius 1 is 1.08 bits per heavy atom. The molecule has 2 rings (SSSR count). The molecule has 6 heteroatoms. The Morgan fingerprint density at radius 2 is 1.84 bits per heavy atom. The van der Waals surface area contributed by atoms with Gasteiger partial charge in [-0.25, -0.2) is 0 Å². The molecule has 0 unspecified atom stereocenters. The Bertz CT molecular complexity index is 779. The smallest absolute Gasteiger partial charge is 0.238 e. The van der Waals surface area contributed by atoms with Gasteiger partial charge in [0.1, 0.15) is 12.2 Å². The van der Waals surface area contributed by atoms with E-state index in [1.54, 1.807) is 25.3 Å². The highest BCUT2D eigenvalue weighted by Crippen LogP contribution is 2.13. The summed E-state index contributed by atoms with van der Waals surface area (Å²) in [5.41, 5.74) is 2.41. The molecule has 2 amide bonds. The Kier molecular flexibility index (Phi) is 6.55. The number of carbonyl (C=O) groups is 2. The van der Waals surface area contributed by atoms with E-state index >= 15 is 0 Å². The minimum Gasteiger partial charge on any atom is -0.497 e. The highest BCUT2D eigenvalue weighted by Gasteiger charge is 2.05. The van der Waals surface area contributed by atoms with E-state index in [4.69, 9.17) is 10.00 Å². The number of rotatable bonds is 7. The second kappa shape index (κ2) is 9.08. The van der Waals surface area contributed by atoms with E-state index in [1.165, 1.54) is 0 Å². The Balaban J connectivity index is 1.83. The minimum atomic E-state index is -0.346. The summed E-state index contributed by atoms with van der Waals surface area (Å²) in [7, 11) is 1.59. The third-order valence-electron chi connectivity index (χ3n) is 3.47. The molecule has 2 aromatic carbocycles. The zero-order chi connectivity index (χ0) is 18.1. The maximum Gasteiger partial charge on any atom is 0.238 e. The van der Waals surface area contributed by atoms with Crippen molar-refractivity contribution in [2.24, 2.45) is 0 Å². The number of methoxy groups -OCH3 is 1. The van der Waals surface area contributed by atoms with E-state index in [2.05, 4.69) is 10.6 Å². The molecular weight excluding hydrogens is 318 g/mol. The van der Waals surface area contributed by atoms with Crippen molar-refractivity contribution in [1.29, 1.82) is 5.26 Å². The summed E-state index contributed by atoms with van der Waals surface area (Å²) in [5.74, 6) is 0.292. The molecule has 0 fully saturated rings. The van der Waals surface area contributed by atoms with Crippen LogP contribution >= 0.6 is 0 Å². The van der Waals surface area contributed by atoms with Crippen LogP contribution < -0.4 is 15.4 Å². The van der Waals surface area contributed by atoms with Crippen LogP contribution in [0.3, 0.4) is 0 Å². The van der Waals surface area contributed by atoms with Crippen molar-refractivity contribution in [3.05, 3.63) is 59.7 Å². The average molecular weight is 337 g/mol. The van der Waals surface area contributed by atoms with Crippen molar-refractivity contribution in [3.63, 3.8) is 0 Å². The van der Waals surface area contributed by atoms with Gasteiger partial charge in [0.05, 0.1) is 19.6 Å². The van der Waals surface area contributed by atoms with E-state index in [9.17, 15) is 9.59 Å². The van der Waals surface area contributed by atoms with Crippen LogP contribution in [0.25, 0.3) is 0 Å². The average Bonchev–Trinajstić information content (AvgIpc) is 2.61. The predicted molar refractivity (Wildman–Crippen MR) is 93.8 cm³/mol. The van der Waals surface area contributed by atoms with Crippen molar-refractivity contribution >= 4 is 17.5 Å². The fraction of sp³-hybridized carbons (Fsp3) is 0.211. The fourth-order valence-corrected chi connectivity index (χ4v) is 2.21. The Hall–Kier alpha value is -3.33. The van der Waals surface area contributed by atoms with Gasteiger partial charge in [-0.05, 0) is 35.4 Å². The first-order valence-corrected chi connectivity index (χ1v) is 7.76. The third-order valence-corrected chi connectivity index (χ3v) is 3.47. The molecule has 128 valence electrons. The number of carbonyl (C=O) groups excluding carboxylic acids is 2. The van der Waals surface area contributed by atoms with Crippen LogP contribution in [0, 0.1) is 11.3 Å². The summed E-state index contributed by atoms with van der Waals surface area (Å²) in [6.45, 7) is 0.398. The first-order chi connectivity index (χ1) is 12.1. The summed E-state index contributed by atoms with van der Waals surface area (Å²) >= 11 is 0. The number of nitriles is 1. The predicted octanol–water partition coefficient (Wildman–Crippen LogP) is 2.41.